The fraction of sp³-hybridized carbons (Fsp3) is 0.143. The maximum Gasteiger partial charge on any atom is 0.389 e. The van der Waals surface area contributed by atoms with E-state index in [4.69, 9.17) is 10.5 Å². The lowest BCUT2D eigenvalue weighted by atomic mass is 10.1. The number of primary amides is 1. The van der Waals surface area contributed by atoms with Gasteiger partial charge in [0.1, 0.15) is 5.75 Å². The molecule has 0 atom stereocenters. The topological polar surface area (TPSA) is 113 Å². The second kappa shape index (κ2) is 6.53. The van der Waals surface area contributed by atoms with Gasteiger partial charge in [0, 0.05) is 11.6 Å². The molecule has 2 N–H and O–H groups in total. The van der Waals surface area contributed by atoms with Gasteiger partial charge in [0.25, 0.3) is 0 Å². The molecule has 8 nitrogen and oxygen atoms in total. The zero-order chi connectivity index (χ0) is 16.1. The molecule has 1 heterocycles. The van der Waals surface area contributed by atoms with Crippen LogP contribution in [0.3, 0.4) is 0 Å². The number of amides is 1. The zero-order valence-electron chi connectivity index (χ0n) is 11.8. The van der Waals surface area contributed by atoms with Gasteiger partial charge in [0.2, 0.25) is 5.91 Å². The summed E-state index contributed by atoms with van der Waals surface area (Å²) in [7, 11) is 1.53. The van der Waals surface area contributed by atoms with E-state index >= 15 is 0 Å². The summed E-state index contributed by atoms with van der Waals surface area (Å²) in [5.41, 5.74) is 6.59. The van der Waals surface area contributed by atoms with Crippen molar-refractivity contribution in [3.05, 3.63) is 57.8 Å². The second-order valence-electron chi connectivity index (χ2n) is 4.44. The van der Waals surface area contributed by atoms with Gasteiger partial charge in [-0.25, -0.2) is 0 Å². The average Bonchev–Trinajstić information content (AvgIpc) is 2.94. The Morgan fingerprint density at radius 2 is 2.27 bits per heavy atom. The molecule has 2 aromatic rings. The Morgan fingerprint density at radius 1 is 1.50 bits per heavy atom. The van der Waals surface area contributed by atoms with Crippen LogP contribution in [0.1, 0.15) is 11.1 Å². The van der Waals surface area contributed by atoms with Crippen LogP contribution in [0.4, 0.5) is 5.82 Å². The van der Waals surface area contributed by atoms with Crippen molar-refractivity contribution in [2.24, 2.45) is 5.73 Å². The smallest absolute Gasteiger partial charge is 0.389 e. The van der Waals surface area contributed by atoms with Crippen molar-refractivity contribution in [1.82, 2.24) is 9.78 Å². The summed E-state index contributed by atoms with van der Waals surface area (Å²) in [6.45, 7) is 0.301. The quantitative estimate of drug-likeness (QED) is 0.491. The maximum absolute atomic E-state index is 10.8. The fourth-order valence-electron chi connectivity index (χ4n) is 1.92. The summed E-state index contributed by atoms with van der Waals surface area (Å²) < 4.78 is 6.70. The molecule has 0 aliphatic rings. The van der Waals surface area contributed by atoms with E-state index in [1.165, 1.54) is 30.1 Å². The summed E-state index contributed by atoms with van der Waals surface area (Å²) in [6.07, 6.45) is 4.35. The summed E-state index contributed by atoms with van der Waals surface area (Å²) in [4.78, 5) is 20.9. The molecule has 8 heteroatoms. The van der Waals surface area contributed by atoms with E-state index in [9.17, 15) is 14.9 Å². The Bertz CT molecular complexity index is 736. The Labute approximate surface area is 125 Å². The number of hydrogen-bond acceptors (Lipinski definition) is 5. The van der Waals surface area contributed by atoms with E-state index in [0.29, 0.717) is 12.3 Å². The van der Waals surface area contributed by atoms with Crippen LogP contribution in [-0.4, -0.2) is 27.7 Å². The number of methoxy groups -OCH3 is 1. The molecule has 114 valence electrons. The molecule has 0 aliphatic heterocycles. The van der Waals surface area contributed by atoms with Crippen molar-refractivity contribution in [1.29, 1.82) is 0 Å². The number of nitro groups is 1. The van der Waals surface area contributed by atoms with Gasteiger partial charge >= 0.3 is 5.82 Å². The number of nitrogens with zero attached hydrogens (tertiary/aromatic N) is 3. The first-order chi connectivity index (χ1) is 10.5. The predicted octanol–water partition coefficient (Wildman–Crippen LogP) is 1.35. The number of carbonyl (C=O) groups is 1. The van der Waals surface area contributed by atoms with Crippen molar-refractivity contribution in [3.8, 4) is 5.75 Å². The highest BCUT2D eigenvalue weighted by Crippen LogP contribution is 2.22. The Morgan fingerprint density at radius 3 is 2.86 bits per heavy atom. The molecule has 1 amide bonds. The van der Waals surface area contributed by atoms with Crippen molar-refractivity contribution in [2.75, 3.05) is 7.11 Å². The summed E-state index contributed by atoms with van der Waals surface area (Å²) >= 11 is 0. The third-order valence-corrected chi connectivity index (χ3v) is 2.89. The first-order valence-electron chi connectivity index (χ1n) is 6.32. The molecular formula is C14H14N4O4. The molecule has 0 radical (unpaired) electrons. The molecule has 1 aromatic heterocycles. The Kier molecular flexibility index (Phi) is 4.52. The minimum Gasteiger partial charge on any atom is -0.496 e. The Balaban J connectivity index is 2.28. The molecule has 0 aliphatic carbocycles. The summed E-state index contributed by atoms with van der Waals surface area (Å²) in [5.74, 6) is -0.141. The number of ether oxygens (including phenoxy) is 1. The zero-order valence-corrected chi connectivity index (χ0v) is 11.8. The van der Waals surface area contributed by atoms with Crippen molar-refractivity contribution in [2.45, 2.75) is 6.54 Å². The van der Waals surface area contributed by atoms with E-state index in [-0.39, 0.29) is 5.82 Å². The van der Waals surface area contributed by atoms with E-state index in [1.54, 1.807) is 24.3 Å². The third-order valence-electron chi connectivity index (χ3n) is 2.89. The number of carbonyl (C=O) groups excluding carboxylic acids is 1. The maximum atomic E-state index is 10.8. The van der Waals surface area contributed by atoms with Crippen LogP contribution >= 0.6 is 0 Å². The number of rotatable bonds is 6. The monoisotopic (exact) mass is 302 g/mol. The Hall–Kier alpha value is -3.16. The molecule has 2 rings (SSSR count). The van der Waals surface area contributed by atoms with Gasteiger partial charge in [-0.3, -0.25) is 4.79 Å². The highest BCUT2D eigenvalue weighted by Gasteiger charge is 2.13. The van der Waals surface area contributed by atoms with Crippen LogP contribution in [0.2, 0.25) is 0 Å². The molecule has 1 aromatic carbocycles. The molecule has 0 saturated carbocycles. The second-order valence-corrected chi connectivity index (χ2v) is 4.44. The molecule has 0 unspecified atom stereocenters. The normalized spacial score (nSPS) is 10.8. The van der Waals surface area contributed by atoms with Crippen LogP contribution in [0.25, 0.3) is 6.08 Å². The standard InChI is InChI=1S/C14H14N4O4/c1-22-12-4-2-10(3-5-13(15)19)8-11(12)9-17-7-6-14(16-17)18(20)21/h2-8H,9H2,1H3,(H2,15,19)/b5-3+. The molecular weight excluding hydrogens is 288 g/mol. The third kappa shape index (κ3) is 3.69. The largest absolute Gasteiger partial charge is 0.496 e. The van der Waals surface area contributed by atoms with E-state index in [1.807, 2.05) is 0 Å². The minimum atomic E-state index is -0.556. The molecule has 0 bridgehead atoms. The number of nitrogens with two attached hydrogens (primary N) is 1. The lowest BCUT2D eigenvalue weighted by Crippen LogP contribution is -2.05. The minimum absolute atomic E-state index is 0.219. The predicted molar refractivity (Wildman–Crippen MR) is 79.2 cm³/mol. The summed E-state index contributed by atoms with van der Waals surface area (Å²) in [6, 6.07) is 6.64. The van der Waals surface area contributed by atoms with Gasteiger partial charge in [-0.15, -0.1) is 0 Å². The highest BCUT2D eigenvalue weighted by molar-refractivity contribution is 5.90. The first kappa shape index (κ1) is 15.2. The fourth-order valence-corrected chi connectivity index (χ4v) is 1.92. The number of aromatic nitrogens is 2. The van der Waals surface area contributed by atoms with Gasteiger partial charge in [-0.2, -0.15) is 4.68 Å². The number of hydrogen-bond donors (Lipinski definition) is 1. The van der Waals surface area contributed by atoms with E-state index in [0.717, 1.165) is 11.1 Å². The molecule has 0 saturated heterocycles. The lowest BCUT2D eigenvalue weighted by molar-refractivity contribution is -0.389. The van der Waals surface area contributed by atoms with Crippen molar-refractivity contribution >= 4 is 17.8 Å². The first-order valence-corrected chi connectivity index (χ1v) is 6.32. The van der Waals surface area contributed by atoms with Gasteiger partial charge in [0.15, 0.2) is 0 Å². The van der Waals surface area contributed by atoms with E-state index < -0.39 is 10.8 Å². The van der Waals surface area contributed by atoms with E-state index in [2.05, 4.69) is 5.10 Å². The van der Waals surface area contributed by atoms with Crippen LogP contribution in [0.5, 0.6) is 5.75 Å². The van der Waals surface area contributed by atoms with Crippen LogP contribution in [0, 0.1) is 10.1 Å². The molecule has 22 heavy (non-hydrogen) atoms. The van der Waals surface area contributed by atoms with Crippen LogP contribution < -0.4 is 10.5 Å². The SMILES string of the molecule is COc1ccc(/C=C/C(N)=O)cc1Cn1ccc([N+](=O)[O-])n1. The van der Waals surface area contributed by atoms with Gasteiger partial charge in [-0.05, 0) is 28.7 Å². The van der Waals surface area contributed by atoms with Crippen LogP contribution in [0.15, 0.2) is 36.5 Å². The lowest BCUT2D eigenvalue weighted by Gasteiger charge is -2.08. The van der Waals surface area contributed by atoms with Gasteiger partial charge in [-0.1, -0.05) is 6.07 Å². The van der Waals surface area contributed by atoms with Crippen molar-refractivity contribution in [3.63, 3.8) is 0 Å². The summed E-state index contributed by atoms with van der Waals surface area (Å²) in [5, 5.41) is 14.5. The van der Waals surface area contributed by atoms with Gasteiger partial charge < -0.3 is 20.6 Å². The number of benzene rings is 1. The van der Waals surface area contributed by atoms with Gasteiger partial charge in [0.05, 0.1) is 31.0 Å². The van der Waals surface area contributed by atoms with Crippen molar-refractivity contribution < 1.29 is 14.5 Å². The molecule has 0 spiro atoms. The highest BCUT2D eigenvalue weighted by atomic mass is 16.6. The average molecular weight is 302 g/mol. The molecule has 0 fully saturated rings. The van der Waals surface area contributed by atoms with Crippen LogP contribution in [-0.2, 0) is 11.3 Å².